The summed E-state index contributed by atoms with van der Waals surface area (Å²) < 4.78 is 34.9. The number of rotatable bonds is 14. The van der Waals surface area contributed by atoms with Crippen molar-refractivity contribution in [3.63, 3.8) is 0 Å². The van der Waals surface area contributed by atoms with Gasteiger partial charge in [0.05, 0.1) is 27.7 Å². The molecule has 0 spiro atoms. The first-order chi connectivity index (χ1) is 22.4. The largest absolute Gasteiger partial charge is 0.497 e. The zero-order valence-corrected chi connectivity index (χ0v) is 29.1. The number of sulfonamides is 1. The van der Waals surface area contributed by atoms with Crippen LogP contribution < -0.4 is 14.4 Å². The molecule has 47 heavy (non-hydrogen) atoms. The van der Waals surface area contributed by atoms with Crippen LogP contribution in [0.1, 0.15) is 37.0 Å². The summed E-state index contributed by atoms with van der Waals surface area (Å²) >= 11 is 12.5. The van der Waals surface area contributed by atoms with Crippen LogP contribution in [0.2, 0.25) is 10.0 Å². The fourth-order valence-corrected chi connectivity index (χ4v) is 6.69. The van der Waals surface area contributed by atoms with Crippen molar-refractivity contribution in [3.05, 3.63) is 124 Å². The Morgan fingerprint density at radius 1 is 0.872 bits per heavy atom. The molecule has 8 nitrogen and oxygen atoms in total. The lowest BCUT2D eigenvalue weighted by Crippen LogP contribution is -2.54. The molecule has 2 amide bonds. The van der Waals surface area contributed by atoms with E-state index in [1.165, 1.54) is 24.1 Å². The molecule has 0 radical (unpaired) electrons. The van der Waals surface area contributed by atoms with E-state index in [1.807, 2.05) is 51.1 Å². The van der Waals surface area contributed by atoms with Crippen LogP contribution in [0.15, 0.2) is 102 Å². The standard InChI is InChI=1S/C36H39Cl2N3O5S/c1-5-26(3)39-36(43)34(21-27-10-7-6-8-11-27)40(23-28-16-19-32(37)33(38)20-28)35(42)24-41(29-12-9-13-30(22-29)46-4)47(44,45)31-17-14-25(2)15-18-31/h6-20,22,26,34H,5,21,23-24H2,1-4H3,(H,39,43). The summed E-state index contributed by atoms with van der Waals surface area (Å²) in [6.07, 6.45) is 0.878. The number of halogens is 2. The molecule has 0 aliphatic carbocycles. The van der Waals surface area contributed by atoms with Crippen molar-refractivity contribution in [2.45, 2.75) is 57.1 Å². The molecule has 4 rings (SSSR count). The van der Waals surface area contributed by atoms with Gasteiger partial charge >= 0.3 is 0 Å². The van der Waals surface area contributed by atoms with Crippen molar-refractivity contribution in [3.8, 4) is 5.75 Å². The van der Waals surface area contributed by atoms with E-state index in [0.717, 1.165) is 15.4 Å². The molecule has 0 bridgehead atoms. The second kappa shape index (κ2) is 16.2. The fraction of sp³-hybridized carbons (Fsp3) is 0.278. The smallest absolute Gasteiger partial charge is 0.264 e. The van der Waals surface area contributed by atoms with Gasteiger partial charge in [0.1, 0.15) is 18.3 Å². The number of hydrogen-bond acceptors (Lipinski definition) is 5. The first kappa shape index (κ1) is 35.8. The van der Waals surface area contributed by atoms with E-state index < -0.39 is 28.5 Å². The Bertz CT molecular complexity index is 1790. The molecule has 2 unspecified atom stereocenters. The Hall–Kier alpha value is -4.05. The van der Waals surface area contributed by atoms with Gasteiger partial charge < -0.3 is 15.0 Å². The normalized spacial score (nSPS) is 12.6. The highest BCUT2D eigenvalue weighted by Gasteiger charge is 2.35. The number of nitrogens with one attached hydrogen (secondary N) is 1. The van der Waals surface area contributed by atoms with Crippen molar-refractivity contribution >= 4 is 50.7 Å². The molecule has 0 aliphatic heterocycles. The summed E-state index contributed by atoms with van der Waals surface area (Å²) in [5, 5.41) is 3.66. The number of anilines is 1. The molecule has 4 aromatic carbocycles. The van der Waals surface area contributed by atoms with Gasteiger partial charge in [-0.25, -0.2) is 8.42 Å². The molecule has 248 valence electrons. The first-order valence-corrected chi connectivity index (χ1v) is 17.4. The number of nitrogens with zero attached hydrogens (tertiary/aromatic N) is 2. The van der Waals surface area contributed by atoms with Gasteiger partial charge in [0.25, 0.3) is 10.0 Å². The van der Waals surface area contributed by atoms with Gasteiger partial charge in [-0.3, -0.25) is 13.9 Å². The lowest BCUT2D eigenvalue weighted by atomic mass is 10.0. The van der Waals surface area contributed by atoms with Crippen LogP contribution in [0.25, 0.3) is 0 Å². The summed E-state index contributed by atoms with van der Waals surface area (Å²) in [6.45, 7) is 5.08. The topological polar surface area (TPSA) is 96.0 Å². The monoisotopic (exact) mass is 695 g/mol. The van der Waals surface area contributed by atoms with Crippen molar-refractivity contribution in [1.29, 1.82) is 0 Å². The fourth-order valence-electron chi connectivity index (χ4n) is 4.96. The lowest BCUT2D eigenvalue weighted by Gasteiger charge is -2.34. The highest BCUT2D eigenvalue weighted by molar-refractivity contribution is 7.92. The molecule has 0 saturated heterocycles. The number of hydrogen-bond donors (Lipinski definition) is 1. The second-order valence-electron chi connectivity index (χ2n) is 11.3. The maximum atomic E-state index is 14.6. The van der Waals surface area contributed by atoms with E-state index in [-0.39, 0.29) is 35.5 Å². The summed E-state index contributed by atoms with van der Waals surface area (Å²) in [7, 11) is -2.77. The third kappa shape index (κ3) is 9.28. The maximum Gasteiger partial charge on any atom is 0.264 e. The summed E-state index contributed by atoms with van der Waals surface area (Å²) in [5.41, 5.74) is 2.57. The molecule has 0 aromatic heterocycles. The summed E-state index contributed by atoms with van der Waals surface area (Å²) in [4.78, 5) is 30.0. The quantitative estimate of drug-likeness (QED) is 0.152. The second-order valence-corrected chi connectivity index (χ2v) is 14.0. The predicted molar refractivity (Wildman–Crippen MR) is 188 cm³/mol. The van der Waals surface area contributed by atoms with E-state index in [4.69, 9.17) is 27.9 Å². The number of methoxy groups -OCH3 is 1. The highest BCUT2D eigenvalue weighted by Crippen LogP contribution is 2.29. The van der Waals surface area contributed by atoms with Crippen molar-refractivity contribution in [1.82, 2.24) is 10.2 Å². The van der Waals surface area contributed by atoms with Gasteiger partial charge in [-0.05, 0) is 67.8 Å². The van der Waals surface area contributed by atoms with Crippen LogP contribution in [-0.4, -0.2) is 50.9 Å². The van der Waals surface area contributed by atoms with E-state index in [1.54, 1.807) is 54.6 Å². The van der Waals surface area contributed by atoms with Crippen LogP contribution in [0.4, 0.5) is 5.69 Å². The summed E-state index contributed by atoms with van der Waals surface area (Å²) in [5.74, 6) is -0.526. The molecule has 4 aromatic rings. The van der Waals surface area contributed by atoms with Crippen LogP contribution in [0.3, 0.4) is 0 Å². The van der Waals surface area contributed by atoms with Crippen molar-refractivity contribution < 1.29 is 22.7 Å². The minimum Gasteiger partial charge on any atom is -0.497 e. The molecular weight excluding hydrogens is 657 g/mol. The number of carbonyl (C=O) groups is 2. The Morgan fingerprint density at radius 2 is 1.57 bits per heavy atom. The van der Waals surface area contributed by atoms with Crippen molar-refractivity contribution in [2.24, 2.45) is 0 Å². The minimum atomic E-state index is -4.25. The first-order valence-electron chi connectivity index (χ1n) is 15.2. The zero-order chi connectivity index (χ0) is 34.1. The third-order valence-electron chi connectivity index (χ3n) is 7.84. The SMILES string of the molecule is CCC(C)NC(=O)C(Cc1ccccc1)N(Cc1ccc(Cl)c(Cl)c1)C(=O)CN(c1cccc(OC)c1)S(=O)(=O)c1ccc(C)cc1. The van der Waals surface area contributed by atoms with Gasteiger partial charge in [0, 0.05) is 25.1 Å². The molecule has 11 heteroatoms. The van der Waals surface area contributed by atoms with Gasteiger partial charge in [0.15, 0.2) is 0 Å². The van der Waals surface area contributed by atoms with E-state index in [2.05, 4.69) is 5.32 Å². The Labute approximate surface area is 287 Å². The van der Waals surface area contributed by atoms with Gasteiger partial charge in [-0.15, -0.1) is 0 Å². The molecule has 0 heterocycles. The average Bonchev–Trinajstić information content (AvgIpc) is 3.07. The molecule has 0 saturated carbocycles. The molecule has 0 aliphatic rings. The van der Waals surface area contributed by atoms with E-state index in [9.17, 15) is 18.0 Å². The van der Waals surface area contributed by atoms with E-state index >= 15 is 0 Å². The zero-order valence-electron chi connectivity index (χ0n) is 26.8. The maximum absolute atomic E-state index is 14.6. The number of carbonyl (C=O) groups excluding carboxylic acids is 2. The Kier molecular flexibility index (Phi) is 12.3. The van der Waals surface area contributed by atoms with Crippen molar-refractivity contribution in [2.75, 3.05) is 18.0 Å². The van der Waals surface area contributed by atoms with Crippen LogP contribution in [-0.2, 0) is 32.6 Å². The molecule has 0 fully saturated rings. The van der Waals surface area contributed by atoms with Gasteiger partial charge in [-0.2, -0.15) is 0 Å². The molecule has 1 N–H and O–H groups in total. The number of benzene rings is 4. The number of ether oxygens (including phenoxy) is 1. The average molecular weight is 697 g/mol. The number of amides is 2. The van der Waals surface area contributed by atoms with Crippen LogP contribution in [0, 0.1) is 6.92 Å². The Morgan fingerprint density at radius 3 is 2.21 bits per heavy atom. The minimum absolute atomic E-state index is 0.0186. The third-order valence-corrected chi connectivity index (χ3v) is 10.4. The van der Waals surface area contributed by atoms with E-state index in [0.29, 0.717) is 27.8 Å². The van der Waals surface area contributed by atoms with Crippen LogP contribution >= 0.6 is 23.2 Å². The highest BCUT2D eigenvalue weighted by atomic mass is 35.5. The predicted octanol–water partition coefficient (Wildman–Crippen LogP) is 7.06. The lowest BCUT2D eigenvalue weighted by molar-refractivity contribution is -0.140. The van der Waals surface area contributed by atoms with Crippen LogP contribution in [0.5, 0.6) is 5.75 Å². The summed E-state index contributed by atoms with van der Waals surface area (Å²) in [6, 6.07) is 26.1. The number of aryl methyl sites for hydroxylation is 1. The van der Waals surface area contributed by atoms with Gasteiger partial charge in [0.2, 0.25) is 11.8 Å². The Balaban J connectivity index is 1.83. The molecule has 2 atom stereocenters. The van der Waals surface area contributed by atoms with Gasteiger partial charge in [-0.1, -0.05) is 90.3 Å². The molecular formula is C36H39Cl2N3O5S.